The van der Waals surface area contributed by atoms with Gasteiger partial charge in [-0.1, -0.05) is 6.92 Å². The molecule has 0 saturated heterocycles. The summed E-state index contributed by atoms with van der Waals surface area (Å²) in [5.74, 6) is -0.247. The summed E-state index contributed by atoms with van der Waals surface area (Å²) in [6.07, 6.45) is 0.572. The van der Waals surface area contributed by atoms with E-state index in [1.807, 2.05) is 41.5 Å². The molecule has 0 fully saturated rings. The fraction of sp³-hybridized carbons (Fsp3) is 0.923. The highest BCUT2D eigenvalue weighted by Gasteiger charge is 2.36. The second-order valence-corrected chi connectivity index (χ2v) is 5.60. The number of carbonyl (C=O) groups excluding carboxylic acids is 1. The molecule has 17 heavy (non-hydrogen) atoms. The van der Waals surface area contributed by atoms with Gasteiger partial charge >= 0.3 is 5.97 Å². The van der Waals surface area contributed by atoms with Gasteiger partial charge in [0, 0.05) is 6.42 Å². The zero-order valence-electron chi connectivity index (χ0n) is 12.2. The van der Waals surface area contributed by atoms with E-state index < -0.39 is 5.54 Å². The third-order valence-electron chi connectivity index (χ3n) is 2.45. The van der Waals surface area contributed by atoms with Crippen molar-refractivity contribution < 1.29 is 14.3 Å². The van der Waals surface area contributed by atoms with Crippen molar-refractivity contribution in [2.75, 3.05) is 13.7 Å². The predicted molar refractivity (Wildman–Crippen MR) is 69.0 cm³/mol. The van der Waals surface area contributed by atoms with E-state index in [4.69, 9.17) is 9.47 Å². The highest BCUT2D eigenvalue weighted by molar-refractivity contribution is 5.80. The van der Waals surface area contributed by atoms with Crippen LogP contribution in [0, 0.1) is 0 Å². The van der Waals surface area contributed by atoms with Gasteiger partial charge in [0.1, 0.15) is 5.54 Å². The molecule has 4 heteroatoms. The van der Waals surface area contributed by atoms with Crippen molar-refractivity contribution in [1.29, 1.82) is 0 Å². The van der Waals surface area contributed by atoms with Crippen LogP contribution in [-0.2, 0) is 14.3 Å². The topological polar surface area (TPSA) is 47.6 Å². The van der Waals surface area contributed by atoms with Crippen LogP contribution in [0.1, 0.15) is 48.0 Å². The Balaban J connectivity index is 4.59. The lowest BCUT2D eigenvalue weighted by atomic mass is 9.94. The van der Waals surface area contributed by atoms with Crippen LogP contribution in [0.15, 0.2) is 0 Å². The molecule has 2 atom stereocenters. The van der Waals surface area contributed by atoms with Crippen molar-refractivity contribution in [2.45, 2.75) is 65.2 Å². The highest BCUT2D eigenvalue weighted by atomic mass is 16.5. The van der Waals surface area contributed by atoms with Crippen LogP contribution >= 0.6 is 0 Å². The van der Waals surface area contributed by atoms with Gasteiger partial charge in [0.25, 0.3) is 0 Å². The summed E-state index contributed by atoms with van der Waals surface area (Å²) < 4.78 is 10.7. The van der Waals surface area contributed by atoms with E-state index in [9.17, 15) is 4.79 Å². The summed E-state index contributed by atoms with van der Waals surface area (Å²) in [7, 11) is 1.41. The van der Waals surface area contributed by atoms with Crippen molar-refractivity contribution in [1.82, 2.24) is 5.32 Å². The van der Waals surface area contributed by atoms with Crippen molar-refractivity contribution in [3.8, 4) is 0 Å². The van der Waals surface area contributed by atoms with E-state index in [0.29, 0.717) is 13.0 Å². The molecule has 0 aromatic heterocycles. The predicted octanol–water partition coefficient (Wildman–Crippen LogP) is 2.12. The van der Waals surface area contributed by atoms with Gasteiger partial charge in [-0.3, -0.25) is 4.79 Å². The number of hydrogen-bond donors (Lipinski definition) is 1. The Bertz CT molecular complexity index is 248. The van der Waals surface area contributed by atoms with Crippen LogP contribution in [0.2, 0.25) is 0 Å². The molecule has 0 aromatic carbocycles. The Morgan fingerprint density at radius 2 is 1.82 bits per heavy atom. The number of likely N-dealkylation sites (N-methyl/N-ethyl adjacent to an activating group) is 1. The summed E-state index contributed by atoms with van der Waals surface area (Å²) in [5, 5.41) is 3.17. The zero-order valence-corrected chi connectivity index (χ0v) is 12.2. The molecule has 0 heterocycles. The molecule has 0 rings (SSSR count). The molecule has 0 saturated carbocycles. The molecule has 0 amide bonds. The second kappa shape index (κ2) is 6.36. The molecular formula is C13H27NO3. The Hall–Kier alpha value is -0.610. The van der Waals surface area contributed by atoms with E-state index in [0.717, 1.165) is 0 Å². The first-order valence-electron chi connectivity index (χ1n) is 6.16. The molecule has 0 aromatic rings. The molecule has 102 valence electrons. The molecule has 4 nitrogen and oxygen atoms in total. The summed E-state index contributed by atoms with van der Waals surface area (Å²) in [4.78, 5) is 11.8. The average molecular weight is 245 g/mol. The molecule has 1 N–H and O–H groups in total. The monoisotopic (exact) mass is 245 g/mol. The van der Waals surface area contributed by atoms with Crippen LogP contribution in [0.3, 0.4) is 0 Å². The first-order valence-corrected chi connectivity index (χ1v) is 6.16. The van der Waals surface area contributed by atoms with Crippen LogP contribution in [-0.4, -0.2) is 36.9 Å². The third kappa shape index (κ3) is 6.03. The Morgan fingerprint density at radius 1 is 1.29 bits per heavy atom. The van der Waals surface area contributed by atoms with Gasteiger partial charge in [0.15, 0.2) is 0 Å². The summed E-state index contributed by atoms with van der Waals surface area (Å²) in [6, 6.07) is 0. The lowest BCUT2D eigenvalue weighted by Crippen LogP contribution is -2.52. The molecule has 0 spiro atoms. The third-order valence-corrected chi connectivity index (χ3v) is 2.45. The van der Waals surface area contributed by atoms with Gasteiger partial charge in [-0.25, -0.2) is 0 Å². The summed E-state index contributed by atoms with van der Waals surface area (Å²) >= 11 is 0. The highest BCUT2D eigenvalue weighted by Crippen LogP contribution is 2.20. The summed E-state index contributed by atoms with van der Waals surface area (Å²) in [6.45, 7) is 12.5. The second-order valence-electron chi connectivity index (χ2n) is 5.60. The van der Waals surface area contributed by atoms with Gasteiger partial charge < -0.3 is 14.8 Å². The van der Waals surface area contributed by atoms with Gasteiger partial charge in [-0.15, -0.1) is 0 Å². The van der Waals surface area contributed by atoms with Gasteiger partial charge in [0.2, 0.25) is 0 Å². The first kappa shape index (κ1) is 16.4. The minimum atomic E-state index is -0.686. The normalized spacial score (nSPS) is 17.4. The van der Waals surface area contributed by atoms with Crippen molar-refractivity contribution in [3.05, 3.63) is 0 Å². The number of nitrogens with one attached hydrogen (secondary N) is 1. The number of esters is 1. The van der Waals surface area contributed by atoms with Crippen molar-refractivity contribution >= 4 is 5.97 Å². The minimum Gasteiger partial charge on any atom is -0.468 e. The van der Waals surface area contributed by atoms with Crippen LogP contribution < -0.4 is 5.32 Å². The number of hydrogen-bond acceptors (Lipinski definition) is 4. The maximum atomic E-state index is 11.8. The largest absolute Gasteiger partial charge is 0.468 e. The lowest BCUT2D eigenvalue weighted by molar-refractivity contribution is -0.151. The van der Waals surface area contributed by atoms with Crippen LogP contribution in [0.25, 0.3) is 0 Å². The average Bonchev–Trinajstić information content (AvgIpc) is 2.13. The minimum absolute atomic E-state index is 0.0156. The SMILES string of the molecule is CCNC(C)(CC(C)OC(C)(C)C)C(=O)OC. The smallest absolute Gasteiger partial charge is 0.325 e. The Morgan fingerprint density at radius 3 is 2.18 bits per heavy atom. The van der Waals surface area contributed by atoms with Crippen LogP contribution in [0.5, 0.6) is 0 Å². The fourth-order valence-corrected chi connectivity index (χ4v) is 2.06. The van der Waals surface area contributed by atoms with Crippen LogP contribution in [0.4, 0.5) is 0 Å². The van der Waals surface area contributed by atoms with Gasteiger partial charge in [-0.2, -0.15) is 0 Å². The Labute approximate surface area is 105 Å². The van der Waals surface area contributed by atoms with Crippen molar-refractivity contribution in [3.63, 3.8) is 0 Å². The molecular weight excluding hydrogens is 218 g/mol. The quantitative estimate of drug-likeness (QED) is 0.728. The number of rotatable bonds is 6. The summed E-state index contributed by atoms with van der Waals surface area (Å²) in [5.41, 5.74) is -0.892. The first-order chi connectivity index (χ1) is 7.64. The van der Waals surface area contributed by atoms with Crippen molar-refractivity contribution in [2.24, 2.45) is 0 Å². The van der Waals surface area contributed by atoms with E-state index in [1.54, 1.807) is 0 Å². The molecule has 0 bridgehead atoms. The fourth-order valence-electron chi connectivity index (χ4n) is 2.06. The molecule has 0 aliphatic carbocycles. The standard InChI is InChI=1S/C13H27NO3/c1-8-14-13(6,11(15)16-7)9-10(2)17-12(3,4)5/h10,14H,8-9H2,1-7H3. The molecule has 0 aliphatic rings. The number of ether oxygens (including phenoxy) is 2. The maximum Gasteiger partial charge on any atom is 0.325 e. The van der Waals surface area contributed by atoms with Gasteiger partial charge in [0.05, 0.1) is 18.8 Å². The van der Waals surface area contributed by atoms with E-state index in [2.05, 4.69) is 5.32 Å². The van der Waals surface area contributed by atoms with Gasteiger partial charge in [-0.05, 0) is 41.2 Å². The molecule has 0 radical (unpaired) electrons. The number of methoxy groups -OCH3 is 1. The zero-order chi connectivity index (χ0) is 13.7. The lowest BCUT2D eigenvalue weighted by Gasteiger charge is -2.33. The van der Waals surface area contributed by atoms with E-state index >= 15 is 0 Å². The number of carbonyl (C=O) groups is 1. The van der Waals surface area contributed by atoms with E-state index in [1.165, 1.54) is 7.11 Å². The molecule has 0 aliphatic heterocycles. The maximum absolute atomic E-state index is 11.8. The molecule has 2 unspecified atom stereocenters. The Kier molecular flexibility index (Phi) is 6.13. The van der Waals surface area contributed by atoms with E-state index in [-0.39, 0.29) is 17.7 Å².